The summed E-state index contributed by atoms with van der Waals surface area (Å²) in [6.45, 7) is 13.7. The van der Waals surface area contributed by atoms with Gasteiger partial charge in [-0.25, -0.2) is 14.2 Å². The second-order valence-electron chi connectivity index (χ2n) is 16.3. The third kappa shape index (κ3) is 9.49. The Morgan fingerprint density at radius 2 is 1.70 bits per heavy atom. The minimum atomic E-state index is -2.82. The summed E-state index contributed by atoms with van der Waals surface area (Å²) >= 11 is 3.55. The normalized spacial score (nSPS) is 17.4. The molecule has 2 saturated heterocycles. The molecule has 0 spiro atoms. The van der Waals surface area contributed by atoms with Crippen LogP contribution in [0.15, 0.2) is 53.4 Å². The van der Waals surface area contributed by atoms with Gasteiger partial charge in [0.25, 0.3) is 0 Å². The lowest BCUT2D eigenvalue weighted by molar-refractivity contribution is 0.00901. The van der Waals surface area contributed by atoms with Gasteiger partial charge in [-0.1, -0.05) is 0 Å². The number of nitrogens with zero attached hydrogens (tertiary/aromatic N) is 7. The zero-order valence-electron chi connectivity index (χ0n) is 33.0. The molecule has 2 aliphatic heterocycles. The average Bonchev–Trinajstić information content (AvgIpc) is 3.57. The second-order valence-corrected chi connectivity index (χ2v) is 20.4. The summed E-state index contributed by atoms with van der Waals surface area (Å²) < 4.78 is 41.9. The highest BCUT2D eigenvalue weighted by Gasteiger charge is 2.32. The van der Waals surface area contributed by atoms with Gasteiger partial charge in [-0.15, -0.1) is 0 Å². The van der Waals surface area contributed by atoms with Crippen molar-refractivity contribution >= 4 is 63.3 Å². The summed E-state index contributed by atoms with van der Waals surface area (Å²) in [5.74, 6) is 1.03. The average molecular weight is 853 g/mol. The predicted molar refractivity (Wildman–Crippen MR) is 223 cm³/mol. The van der Waals surface area contributed by atoms with Crippen molar-refractivity contribution in [3.05, 3.63) is 59.2 Å². The molecule has 56 heavy (non-hydrogen) atoms. The number of halogens is 2. The second kappa shape index (κ2) is 16.3. The van der Waals surface area contributed by atoms with Crippen LogP contribution in [-0.2, 0) is 16.3 Å². The molecule has 0 atom stereocenters. The molecular formula is C40H52BrFN9O4P. The lowest BCUT2D eigenvalue weighted by Gasteiger charge is -2.43. The summed E-state index contributed by atoms with van der Waals surface area (Å²) in [6, 6.07) is 8.89. The molecule has 3 fully saturated rings. The van der Waals surface area contributed by atoms with Crippen LogP contribution in [0.1, 0.15) is 52.9 Å². The first-order chi connectivity index (χ1) is 26.6. The number of piperidine rings is 1. The van der Waals surface area contributed by atoms with Crippen LogP contribution in [0, 0.1) is 5.82 Å². The fraction of sp³-hybridized carbons (Fsp3) is 0.500. The molecule has 1 aliphatic carbocycles. The zero-order chi connectivity index (χ0) is 39.8. The number of nitrogens with one attached hydrogen (secondary N) is 2. The first kappa shape index (κ1) is 40.0. The topological polar surface area (TPSA) is 130 Å². The molecule has 13 nitrogen and oxygen atoms in total. The minimum Gasteiger partial charge on any atom is -0.488 e. The number of piperazine rings is 1. The molecular weight excluding hydrogens is 800 g/mol. The van der Waals surface area contributed by atoms with Crippen LogP contribution in [0.25, 0.3) is 11.1 Å². The van der Waals surface area contributed by atoms with Crippen molar-refractivity contribution in [1.29, 1.82) is 0 Å². The number of carbonyl (C=O) groups excluding carboxylic acids is 1. The van der Waals surface area contributed by atoms with E-state index in [-0.39, 0.29) is 12.2 Å². The Bertz CT molecular complexity index is 2100. The Hall–Kier alpha value is -4.20. The van der Waals surface area contributed by atoms with E-state index in [9.17, 15) is 13.8 Å². The number of aryl methyl sites for hydroxylation is 1. The molecule has 2 aromatic carbocycles. The third-order valence-electron chi connectivity index (χ3n) is 10.5. The Kier molecular flexibility index (Phi) is 11.7. The van der Waals surface area contributed by atoms with Gasteiger partial charge in [0.1, 0.15) is 30.1 Å². The quantitative estimate of drug-likeness (QED) is 0.151. The van der Waals surface area contributed by atoms with Gasteiger partial charge in [-0.3, -0.25) is 9.58 Å². The number of hydrogen-bond acceptors (Lipinski definition) is 11. The molecule has 1 saturated carbocycles. The van der Waals surface area contributed by atoms with Crippen molar-refractivity contribution in [2.24, 2.45) is 7.05 Å². The van der Waals surface area contributed by atoms with E-state index in [1.807, 2.05) is 45.1 Å². The first-order valence-electron chi connectivity index (χ1n) is 19.3. The molecule has 4 aromatic rings. The van der Waals surface area contributed by atoms with Crippen LogP contribution in [0.3, 0.4) is 0 Å². The van der Waals surface area contributed by atoms with E-state index in [1.54, 1.807) is 30.3 Å². The zero-order valence-corrected chi connectivity index (χ0v) is 35.5. The fourth-order valence-corrected chi connectivity index (χ4v) is 8.81. The number of ether oxygens (including phenoxy) is 2. The Morgan fingerprint density at radius 1 is 0.964 bits per heavy atom. The summed E-state index contributed by atoms with van der Waals surface area (Å²) in [4.78, 5) is 28.8. The van der Waals surface area contributed by atoms with Gasteiger partial charge in [0.15, 0.2) is 0 Å². The molecule has 3 aliphatic rings. The fourth-order valence-electron chi connectivity index (χ4n) is 7.37. The number of aromatic nitrogens is 4. The number of amides is 1. The van der Waals surface area contributed by atoms with Gasteiger partial charge in [-0.05, 0) is 106 Å². The summed E-state index contributed by atoms with van der Waals surface area (Å²) in [7, 11) is -0.901. The van der Waals surface area contributed by atoms with E-state index < -0.39 is 18.6 Å². The highest BCUT2D eigenvalue weighted by molar-refractivity contribution is 9.10. The molecule has 7 rings (SSSR count). The van der Waals surface area contributed by atoms with Crippen molar-refractivity contribution in [1.82, 2.24) is 29.5 Å². The van der Waals surface area contributed by atoms with Gasteiger partial charge >= 0.3 is 6.09 Å². The van der Waals surface area contributed by atoms with E-state index in [4.69, 9.17) is 14.5 Å². The third-order valence-corrected chi connectivity index (χ3v) is 12.6. The highest BCUT2D eigenvalue weighted by Crippen LogP contribution is 2.44. The first-order valence-corrected chi connectivity index (χ1v) is 22.7. The Morgan fingerprint density at radius 3 is 2.32 bits per heavy atom. The number of rotatable bonds is 10. The highest BCUT2D eigenvalue weighted by atomic mass is 79.9. The summed E-state index contributed by atoms with van der Waals surface area (Å²) in [6.07, 6.45) is 10.5. The van der Waals surface area contributed by atoms with Crippen LogP contribution in [0.2, 0.25) is 0 Å². The van der Waals surface area contributed by atoms with E-state index in [1.165, 1.54) is 12.1 Å². The molecule has 0 bridgehead atoms. The maximum Gasteiger partial charge on any atom is 0.410 e. The number of anilines is 5. The largest absolute Gasteiger partial charge is 0.488 e. The molecule has 4 heterocycles. The van der Waals surface area contributed by atoms with Gasteiger partial charge in [0.05, 0.1) is 28.1 Å². The molecule has 2 aromatic heterocycles. The lowest BCUT2D eigenvalue weighted by atomic mass is 9.95. The maximum atomic E-state index is 14.2. The van der Waals surface area contributed by atoms with Crippen molar-refractivity contribution in [2.45, 2.75) is 70.6 Å². The number of hydrogen-bond donors (Lipinski definition) is 2. The maximum absolute atomic E-state index is 14.2. The SMILES string of the molecule is Cn1cc(-c2cc(Nc3ncc(Br)c(Nc4ccc(F)cc4P(C)(C)=O)n3)c(OC3CCC3)cc2N2CCC(N3CCN(C(=O)OC(C)(C)C)CC3)CC2)cn1. The van der Waals surface area contributed by atoms with Crippen LogP contribution in [0.4, 0.5) is 38.0 Å². The lowest BCUT2D eigenvalue weighted by Crippen LogP contribution is -2.55. The van der Waals surface area contributed by atoms with Crippen molar-refractivity contribution in [3.8, 4) is 16.9 Å². The molecule has 2 N–H and O–H groups in total. The summed E-state index contributed by atoms with van der Waals surface area (Å²) in [5.41, 5.74) is 3.80. The number of benzene rings is 2. The van der Waals surface area contributed by atoms with Gasteiger partial charge < -0.3 is 34.5 Å². The molecule has 0 radical (unpaired) electrons. The van der Waals surface area contributed by atoms with E-state index in [0.29, 0.717) is 46.4 Å². The van der Waals surface area contributed by atoms with E-state index in [2.05, 4.69) is 58.6 Å². The Labute approximate surface area is 336 Å². The molecule has 0 unspecified atom stereocenters. The van der Waals surface area contributed by atoms with Crippen LogP contribution < -0.4 is 25.6 Å². The van der Waals surface area contributed by atoms with Crippen LogP contribution >= 0.6 is 23.1 Å². The van der Waals surface area contributed by atoms with Crippen LogP contribution in [0.5, 0.6) is 5.75 Å². The van der Waals surface area contributed by atoms with Gasteiger partial charge in [0, 0.05) is 92.9 Å². The standard InChI is InChI=1S/C40H52BrFN9O4P/c1-40(2,3)55-39(52)51-18-16-49(17-19-51)28-12-14-50(15-13-28)34-22-35(54-29-8-7-9-29)33(21-30(34)26-23-44-48(4)25-26)46-38-43-24-31(41)37(47-38)45-32-11-10-27(42)20-36(32)56(5,6)53/h10-11,20-25,28-29H,7-9,12-19H2,1-6H3,(H2,43,45,46,47). The summed E-state index contributed by atoms with van der Waals surface area (Å²) in [5, 5.41) is 11.6. The van der Waals surface area contributed by atoms with Crippen molar-refractivity contribution < 1.29 is 23.2 Å². The predicted octanol–water partition coefficient (Wildman–Crippen LogP) is 7.97. The minimum absolute atomic E-state index is 0.122. The van der Waals surface area contributed by atoms with E-state index >= 15 is 0 Å². The van der Waals surface area contributed by atoms with Crippen molar-refractivity contribution in [3.63, 3.8) is 0 Å². The molecule has 300 valence electrons. The molecule has 1 amide bonds. The molecule has 16 heteroatoms. The van der Waals surface area contributed by atoms with Gasteiger partial charge in [-0.2, -0.15) is 10.1 Å². The van der Waals surface area contributed by atoms with Crippen molar-refractivity contribution in [2.75, 3.05) is 68.1 Å². The van der Waals surface area contributed by atoms with E-state index in [0.717, 1.165) is 86.5 Å². The van der Waals surface area contributed by atoms with Crippen LogP contribution in [-0.4, -0.2) is 106 Å². The number of carbonyl (C=O) groups is 1. The Balaban J connectivity index is 1.13. The monoisotopic (exact) mass is 851 g/mol. The smallest absolute Gasteiger partial charge is 0.410 e. The van der Waals surface area contributed by atoms with Gasteiger partial charge in [0.2, 0.25) is 5.95 Å².